The van der Waals surface area contributed by atoms with Crippen LogP contribution in [-0.4, -0.2) is 27.3 Å². The van der Waals surface area contributed by atoms with Crippen molar-refractivity contribution in [1.29, 1.82) is 0 Å². The van der Waals surface area contributed by atoms with E-state index in [0.717, 1.165) is 18.2 Å². The van der Waals surface area contributed by atoms with Crippen LogP contribution in [0.4, 0.5) is 0 Å². The highest BCUT2D eigenvalue weighted by Crippen LogP contribution is 2.13. The molecule has 0 saturated heterocycles. The number of alkyl halides is 1. The summed E-state index contributed by atoms with van der Waals surface area (Å²) in [4.78, 5) is 0. The molecule has 5 heteroatoms. The van der Waals surface area contributed by atoms with Gasteiger partial charge in [0.25, 0.3) is 0 Å². The van der Waals surface area contributed by atoms with E-state index in [1.807, 2.05) is 20.8 Å². The van der Waals surface area contributed by atoms with Crippen molar-refractivity contribution < 1.29 is 8.95 Å². The molecule has 0 saturated carbocycles. The highest BCUT2D eigenvalue weighted by molar-refractivity contribution is 9.09. The molecule has 1 atom stereocenters. The second-order valence-corrected chi connectivity index (χ2v) is 6.54. The van der Waals surface area contributed by atoms with Crippen LogP contribution < -0.4 is 0 Å². The van der Waals surface area contributed by atoms with Gasteiger partial charge in [-0.1, -0.05) is 15.9 Å². The summed E-state index contributed by atoms with van der Waals surface area (Å²) in [7, 11) is 0.339. The molecule has 0 bridgehead atoms. The van der Waals surface area contributed by atoms with Gasteiger partial charge < -0.3 is 4.74 Å². The van der Waals surface area contributed by atoms with Crippen molar-refractivity contribution >= 4 is 32.8 Å². The molecule has 84 valence electrons. The average Bonchev–Trinajstić information content (AvgIpc) is 2.10. The van der Waals surface area contributed by atoms with Crippen molar-refractivity contribution in [3.8, 4) is 0 Å². The maximum absolute atomic E-state index is 11.6. The first-order valence-electron chi connectivity index (χ1n) is 4.51. The van der Waals surface area contributed by atoms with E-state index in [1.54, 1.807) is 7.11 Å². The predicted octanol–water partition coefficient (Wildman–Crippen LogP) is 2.67. The molecular formula is C9H18BrNO2S. The standard InChI is InChI=1S/C9H18BrNO2S/c1-9(2,3)14(12)11-8(13-4)6-5-7-10/h5-7H2,1-4H3/b11-8+/t14-/m1/s1. The Balaban J connectivity index is 4.36. The van der Waals surface area contributed by atoms with Crippen LogP contribution >= 0.6 is 15.9 Å². The van der Waals surface area contributed by atoms with Gasteiger partial charge >= 0.3 is 0 Å². The van der Waals surface area contributed by atoms with Gasteiger partial charge in [0.05, 0.1) is 11.9 Å². The molecule has 0 radical (unpaired) electrons. The monoisotopic (exact) mass is 283 g/mol. The molecule has 0 fully saturated rings. The minimum atomic E-state index is -1.22. The van der Waals surface area contributed by atoms with Crippen molar-refractivity contribution in [2.75, 3.05) is 12.4 Å². The Bertz CT molecular complexity index is 223. The molecule has 0 N–H and O–H groups in total. The maximum atomic E-state index is 11.6. The van der Waals surface area contributed by atoms with E-state index >= 15 is 0 Å². The van der Waals surface area contributed by atoms with Gasteiger partial charge in [0.15, 0.2) is 5.90 Å². The van der Waals surface area contributed by atoms with Crippen molar-refractivity contribution in [3.05, 3.63) is 0 Å². The SMILES string of the molecule is CO/C(CCCBr)=N/[S@](=O)C(C)(C)C. The molecule has 0 spiro atoms. The van der Waals surface area contributed by atoms with E-state index < -0.39 is 11.0 Å². The number of hydrogen-bond donors (Lipinski definition) is 0. The van der Waals surface area contributed by atoms with E-state index in [2.05, 4.69) is 20.3 Å². The van der Waals surface area contributed by atoms with Gasteiger partial charge in [-0.3, -0.25) is 0 Å². The van der Waals surface area contributed by atoms with E-state index in [0.29, 0.717) is 5.90 Å². The van der Waals surface area contributed by atoms with E-state index in [-0.39, 0.29) is 4.75 Å². The van der Waals surface area contributed by atoms with Crippen LogP contribution in [0, 0.1) is 0 Å². The molecule has 0 aliphatic carbocycles. The summed E-state index contributed by atoms with van der Waals surface area (Å²) in [5, 5.41) is 0.900. The third-order valence-corrected chi connectivity index (χ3v) is 3.45. The van der Waals surface area contributed by atoms with Gasteiger partial charge in [0.2, 0.25) is 0 Å². The van der Waals surface area contributed by atoms with Crippen LogP contribution in [0.25, 0.3) is 0 Å². The fourth-order valence-electron chi connectivity index (χ4n) is 0.632. The van der Waals surface area contributed by atoms with Crippen LogP contribution in [0.2, 0.25) is 0 Å². The molecule has 14 heavy (non-hydrogen) atoms. The van der Waals surface area contributed by atoms with Crippen LogP contribution in [0.15, 0.2) is 4.40 Å². The second kappa shape index (κ2) is 6.56. The zero-order chi connectivity index (χ0) is 11.2. The summed E-state index contributed by atoms with van der Waals surface area (Å²) in [6.07, 6.45) is 1.66. The zero-order valence-corrected chi connectivity index (χ0v) is 11.6. The summed E-state index contributed by atoms with van der Waals surface area (Å²) in [5.74, 6) is 0.567. The van der Waals surface area contributed by atoms with Crippen LogP contribution in [0.3, 0.4) is 0 Å². The topological polar surface area (TPSA) is 38.7 Å². The predicted molar refractivity (Wildman–Crippen MR) is 65.4 cm³/mol. The Hall–Kier alpha value is 0.1000. The average molecular weight is 284 g/mol. The molecule has 0 aliphatic heterocycles. The molecule has 0 rings (SSSR count). The lowest BCUT2D eigenvalue weighted by atomic mass is 10.3. The van der Waals surface area contributed by atoms with Gasteiger partial charge in [0, 0.05) is 11.8 Å². The summed E-state index contributed by atoms with van der Waals surface area (Å²) in [5.41, 5.74) is 0. The zero-order valence-electron chi connectivity index (χ0n) is 9.17. The van der Waals surface area contributed by atoms with Crippen molar-refractivity contribution in [3.63, 3.8) is 0 Å². The third-order valence-electron chi connectivity index (χ3n) is 1.47. The van der Waals surface area contributed by atoms with Gasteiger partial charge in [-0.15, -0.1) is 0 Å². The molecule has 0 heterocycles. The summed E-state index contributed by atoms with van der Waals surface area (Å²) < 4.78 is 20.4. The lowest BCUT2D eigenvalue weighted by Gasteiger charge is -2.14. The Labute approximate surface area is 97.0 Å². The van der Waals surface area contributed by atoms with Crippen LogP contribution in [-0.2, 0) is 15.7 Å². The Morgan fingerprint density at radius 3 is 2.43 bits per heavy atom. The fraction of sp³-hybridized carbons (Fsp3) is 0.889. The second-order valence-electron chi connectivity index (χ2n) is 3.84. The number of halogens is 1. The smallest absolute Gasteiger partial charge is 0.197 e. The number of rotatable bonds is 4. The maximum Gasteiger partial charge on any atom is 0.197 e. The molecule has 0 aromatic carbocycles. The lowest BCUT2D eigenvalue weighted by Crippen LogP contribution is -2.21. The number of nitrogens with zero attached hydrogens (tertiary/aromatic N) is 1. The van der Waals surface area contributed by atoms with Gasteiger partial charge in [-0.25, -0.2) is 4.21 Å². The molecule has 0 amide bonds. The first-order valence-corrected chi connectivity index (χ1v) is 6.74. The lowest BCUT2D eigenvalue weighted by molar-refractivity contribution is 0.391. The first-order chi connectivity index (χ1) is 6.41. The van der Waals surface area contributed by atoms with Gasteiger partial charge in [0.1, 0.15) is 11.0 Å². The molecule has 0 unspecified atom stereocenters. The summed E-state index contributed by atoms with van der Waals surface area (Å²) in [6.45, 7) is 5.68. The molecule has 3 nitrogen and oxygen atoms in total. The van der Waals surface area contributed by atoms with Crippen LogP contribution in [0.5, 0.6) is 0 Å². The Kier molecular flexibility index (Phi) is 6.61. The van der Waals surface area contributed by atoms with Crippen LogP contribution in [0.1, 0.15) is 33.6 Å². The van der Waals surface area contributed by atoms with E-state index in [9.17, 15) is 4.21 Å². The van der Waals surface area contributed by atoms with E-state index in [1.165, 1.54) is 0 Å². The normalized spacial score (nSPS) is 15.4. The van der Waals surface area contributed by atoms with Crippen molar-refractivity contribution in [2.45, 2.75) is 38.4 Å². The summed E-state index contributed by atoms with van der Waals surface area (Å²) >= 11 is 3.33. The van der Waals surface area contributed by atoms with Crippen molar-refractivity contribution in [1.82, 2.24) is 0 Å². The minimum Gasteiger partial charge on any atom is -0.484 e. The fourth-order valence-corrected chi connectivity index (χ4v) is 1.54. The Morgan fingerprint density at radius 2 is 2.07 bits per heavy atom. The number of ether oxygens (including phenoxy) is 1. The Morgan fingerprint density at radius 1 is 1.50 bits per heavy atom. The van der Waals surface area contributed by atoms with Crippen molar-refractivity contribution in [2.24, 2.45) is 4.40 Å². The van der Waals surface area contributed by atoms with Gasteiger partial charge in [-0.2, -0.15) is 4.40 Å². The largest absolute Gasteiger partial charge is 0.484 e. The summed E-state index contributed by atoms with van der Waals surface area (Å²) in [6, 6.07) is 0. The molecule has 0 aromatic rings. The minimum absolute atomic E-state index is 0.321. The number of hydrogen-bond acceptors (Lipinski definition) is 2. The molecule has 0 aromatic heterocycles. The highest BCUT2D eigenvalue weighted by atomic mass is 79.9. The highest BCUT2D eigenvalue weighted by Gasteiger charge is 2.19. The first kappa shape index (κ1) is 14.1. The quantitative estimate of drug-likeness (QED) is 0.452. The van der Waals surface area contributed by atoms with Gasteiger partial charge in [-0.05, 0) is 27.2 Å². The molecular weight excluding hydrogens is 266 g/mol. The number of methoxy groups -OCH3 is 1. The third kappa shape index (κ3) is 5.75. The molecule has 0 aliphatic rings. The van der Waals surface area contributed by atoms with E-state index in [4.69, 9.17) is 4.74 Å².